The van der Waals surface area contributed by atoms with Crippen LogP contribution in [-0.4, -0.2) is 20.6 Å². The summed E-state index contributed by atoms with van der Waals surface area (Å²) in [4.78, 5) is 45.8. The molecule has 0 heterocycles. The number of nitro groups is 3. The van der Waals surface area contributed by atoms with Crippen molar-refractivity contribution in [3.8, 4) is 0 Å². The van der Waals surface area contributed by atoms with Crippen LogP contribution in [0.5, 0.6) is 0 Å². The maximum absolute atomic E-state index is 13.0. The van der Waals surface area contributed by atoms with E-state index in [-0.39, 0.29) is 27.2 Å². The number of carbonyl (C=O) groups excluding carboxylic acids is 1. The summed E-state index contributed by atoms with van der Waals surface area (Å²) in [6.07, 6.45) is 2.32. The number of ketones is 1. The number of allylic oxidation sites excluding steroid dienone is 4. The van der Waals surface area contributed by atoms with Crippen LogP contribution < -0.4 is 0 Å². The van der Waals surface area contributed by atoms with Crippen LogP contribution in [-0.2, 0) is 4.79 Å². The normalized spacial score (nSPS) is 14.6. The zero-order chi connectivity index (χ0) is 21.6. The molecule has 0 aromatic heterocycles. The smallest absolute Gasteiger partial charge is 0.284 e. The first-order chi connectivity index (χ1) is 14.3. The van der Waals surface area contributed by atoms with Crippen molar-refractivity contribution >= 4 is 40.6 Å². The molecule has 2 aromatic carbocycles. The quantitative estimate of drug-likeness (QED) is 0.515. The van der Waals surface area contributed by atoms with E-state index in [1.54, 1.807) is 30.3 Å². The molecule has 11 heteroatoms. The minimum atomic E-state index is -0.852. The van der Waals surface area contributed by atoms with Crippen molar-refractivity contribution in [3.05, 3.63) is 106 Å². The molecule has 0 atom stereocenters. The molecule has 0 amide bonds. The standard InChI is InChI=1S/C19H9N3O7S/c23-19-13-7-10-6-11(20(24)25)8-14(21(26)27)17(10)18(13)15(22(28)29)9-16(19)30-12-4-2-1-3-5-12/h1-9H. The van der Waals surface area contributed by atoms with E-state index in [9.17, 15) is 35.1 Å². The number of hydrogen-bond donors (Lipinski definition) is 0. The van der Waals surface area contributed by atoms with E-state index in [0.717, 1.165) is 30.0 Å². The first-order valence-corrected chi connectivity index (χ1v) is 9.17. The van der Waals surface area contributed by atoms with Crippen molar-refractivity contribution in [1.82, 2.24) is 0 Å². The Hall–Kier alpha value is -4.12. The van der Waals surface area contributed by atoms with Crippen LogP contribution in [0.3, 0.4) is 0 Å². The van der Waals surface area contributed by atoms with Crippen molar-refractivity contribution in [1.29, 1.82) is 0 Å². The fourth-order valence-electron chi connectivity index (χ4n) is 3.31. The van der Waals surface area contributed by atoms with Gasteiger partial charge in [0.1, 0.15) is 0 Å². The Morgan fingerprint density at radius 3 is 2.13 bits per heavy atom. The van der Waals surface area contributed by atoms with E-state index < -0.39 is 37.6 Å². The zero-order valence-corrected chi connectivity index (χ0v) is 15.6. The summed E-state index contributed by atoms with van der Waals surface area (Å²) in [5, 5.41) is 34.4. The maximum Gasteiger partial charge on any atom is 0.284 e. The number of hydrogen-bond acceptors (Lipinski definition) is 8. The van der Waals surface area contributed by atoms with Gasteiger partial charge in [0.05, 0.1) is 36.9 Å². The molecule has 10 nitrogen and oxygen atoms in total. The molecule has 2 aromatic rings. The molecule has 30 heavy (non-hydrogen) atoms. The highest BCUT2D eigenvalue weighted by Crippen LogP contribution is 2.49. The highest BCUT2D eigenvalue weighted by molar-refractivity contribution is 8.04. The lowest BCUT2D eigenvalue weighted by Gasteiger charge is -2.14. The Morgan fingerprint density at radius 1 is 0.833 bits per heavy atom. The highest BCUT2D eigenvalue weighted by Gasteiger charge is 2.42. The van der Waals surface area contributed by atoms with Crippen LogP contribution >= 0.6 is 11.8 Å². The number of Topliss-reactive ketones (excluding diaryl/α,β-unsaturated/α-hetero) is 1. The first-order valence-electron chi connectivity index (χ1n) is 8.35. The van der Waals surface area contributed by atoms with E-state index >= 15 is 0 Å². The van der Waals surface area contributed by atoms with E-state index in [0.29, 0.717) is 4.90 Å². The van der Waals surface area contributed by atoms with Crippen molar-refractivity contribution in [2.24, 2.45) is 0 Å². The van der Waals surface area contributed by atoms with Crippen molar-refractivity contribution in [2.45, 2.75) is 4.90 Å². The molecule has 0 spiro atoms. The van der Waals surface area contributed by atoms with Gasteiger partial charge >= 0.3 is 0 Å². The predicted molar refractivity (Wildman–Crippen MR) is 107 cm³/mol. The van der Waals surface area contributed by atoms with E-state index in [2.05, 4.69) is 0 Å². The highest BCUT2D eigenvalue weighted by atomic mass is 32.2. The van der Waals surface area contributed by atoms with Gasteiger partial charge in [-0.15, -0.1) is 0 Å². The third kappa shape index (κ3) is 3.06. The fraction of sp³-hybridized carbons (Fsp3) is 0. The van der Waals surface area contributed by atoms with Crippen LogP contribution in [0, 0.1) is 30.3 Å². The molecule has 148 valence electrons. The van der Waals surface area contributed by atoms with E-state index in [4.69, 9.17) is 0 Å². The number of non-ortho nitro benzene ring substituents is 1. The van der Waals surface area contributed by atoms with Gasteiger partial charge in [0, 0.05) is 22.6 Å². The van der Waals surface area contributed by atoms with Crippen molar-refractivity contribution < 1.29 is 19.6 Å². The fourth-order valence-corrected chi connectivity index (χ4v) is 4.23. The minimum absolute atomic E-state index is 0.0213. The maximum atomic E-state index is 13.0. The van der Waals surface area contributed by atoms with Crippen LogP contribution in [0.2, 0.25) is 0 Å². The minimum Gasteiger partial charge on any atom is -0.288 e. The van der Waals surface area contributed by atoms with Crippen molar-refractivity contribution in [3.63, 3.8) is 0 Å². The van der Waals surface area contributed by atoms with Gasteiger partial charge in [-0.3, -0.25) is 35.1 Å². The van der Waals surface area contributed by atoms with Crippen LogP contribution in [0.15, 0.2) is 69.6 Å². The first kappa shape index (κ1) is 19.2. The Labute approximate surface area is 171 Å². The van der Waals surface area contributed by atoms with Gasteiger partial charge < -0.3 is 0 Å². The molecule has 0 saturated heterocycles. The van der Waals surface area contributed by atoms with Gasteiger partial charge in [-0.25, -0.2) is 0 Å². The number of rotatable bonds is 5. The molecule has 0 bridgehead atoms. The molecule has 0 unspecified atom stereocenters. The Balaban J connectivity index is 1.94. The molecule has 0 N–H and O–H groups in total. The number of fused-ring (bicyclic) bond motifs is 3. The molecule has 2 aliphatic rings. The number of thioether (sulfide) groups is 1. The van der Waals surface area contributed by atoms with Crippen LogP contribution in [0.4, 0.5) is 11.4 Å². The van der Waals surface area contributed by atoms with Gasteiger partial charge in [-0.2, -0.15) is 0 Å². The second-order valence-corrected chi connectivity index (χ2v) is 7.39. The van der Waals surface area contributed by atoms with Gasteiger partial charge in [0.2, 0.25) is 5.78 Å². The third-order valence-electron chi connectivity index (χ3n) is 4.52. The number of carbonyl (C=O) groups is 1. The average molecular weight is 423 g/mol. The van der Waals surface area contributed by atoms with Crippen molar-refractivity contribution in [2.75, 3.05) is 0 Å². The summed E-state index contributed by atoms with van der Waals surface area (Å²) >= 11 is 1.03. The molecule has 0 fully saturated rings. The summed E-state index contributed by atoms with van der Waals surface area (Å²) in [6, 6.07) is 10.5. The third-order valence-corrected chi connectivity index (χ3v) is 5.55. The molecule has 0 aliphatic heterocycles. The summed E-state index contributed by atoms with van der Waals surface area (Å²) < 4.78 is 0. The lowest BCUT2D eigenvalue weighted by Crippen LogP contribution is -2.14. The Morgan fingerprint density at radius 2 is 1.53 bits per heavy atom. The van der Waals surface area contributed by atoms with Gasteiger partial charge in [-0.05, 0) is 23.8 Å². The molecule has 0 radical (unpaired) electrons. The summed E-state index contributed by atoms with van der Waals surface area (Å²) in [7, 11) is 0. The molecular formula is C19H9N3O7S. The van der Waals surface area contributed by atoms with E-state index in [1.807, 2.05) is 0 Å². The summed E-state index contributed by atoms with van der Waals surface area (Å²) in [5.41, 5.74) is -2.12. The topological polar surface area (TPSA) is 146 Å². The SMILES string of the molecule is O=C1C(Sc2ccccc2)=CC([N+](=O)[O-])=C2C1=Cc1cc([N+](=O)[O-])cc([N+](=O)[O-])c12. The largest absolute Gasteiger partial charge is 0.288 e. The van der Waals surface area contributed by atoms with Gasteiger partial charge in [0.25, 0.3) is 17.1 Å². The number of nitrogens with zero attached hydrogens (tertiary/aromatic N) is 3. The van der Waals surface area contributed by atoms with Crippen LogP contribution in [0.25, 0.3) is 11.6 Å². The molecular weight excluding hydrogens is 414 g/mol. The monoisotopic (exact) mass is 423 g/mol. The Bertz CT molecular complexity index is 1260. The molecule has 2 aliphatic carbocycles. The lowest BCUT2D eigenvalue weighted by atomic mass is 9.92. The predicted octanol–water partition coefficient (Wildman–Crippen LogP) is 4.15. The van der Waals surface area contributed by atoms with Crippen LogP contribution in [0.1, 0.15) is 11.1 Å². The molecule has 0 saturated carbocycles. The summed E-state index contributed by atoms with van der Waals surface area (Å²) in [6.45, 7) is 0. The number of nitro benzene ring substituents is 2. The number of benzene rings is 2. The van der Waals surface area contributed by atoms with E-state index in [1.165, 1.54) is 6.08 Å². The Kier molecular flexibility index (Phi) is 4.51. The van der Waals surface area contributed by atoms with Gasteiger partial charge in [-0.1, -0.05) is 30.0 Å². The van der Waals surface area contributed by atoms with Gasteiger partial charge in [0.15, 0.2) is 0 Å². The second kappa shape index (κ2) is 7.04. The lowest BCUT2D eigenvalue weighted by molar-refractivity contribution is -0.418. The average Bonchev–Trinajstić information content (AvgIpc) is 3.09. The summed E-state index contributed by atoms with van der Waals surface area (Å²) in [5.74, 6) is -0.544. The second-order valence-electron chi connectivity index (χ2n) is 6.27. The molecule has 4 rings (SSSR count). The zero-order valence-electron chi connectivity index (χ0n) is 14.8.